The Bertz CT molecular complexity index is 471. The summed E-state index contributed by atoms with van der Waals surface area (Å²) in [5.74, 6) is 1.37. The number of nitrogens with one attached hydrogen (secondary N) is 1. The second-order valence-electron chi connectivity index (χ2n) is 4.19. The van der Waals surface area contributed by atoms with Crippen LogP contribution in [0.5, 0.6) is 0 Å². The van der Waals surface area contributed by atoms with Gasteiger partial charge in [-0.1, -0.05) is 0 Å². The Labute approximate surface area is 104 Å². The maximum atomic E-state index is 5.88. The molecule has 0 aromatic carbocycles. The quantitative estimate of drug-likeness (QED) is 0.824. The van der Waals surface area contributed by atoms with Crippen LogP contribution in [-0.4, -0.2) is 16.1 Å². The van der Waals surface area contributed by atoms with Crippen LogP contribution in [0.1, 0.15) is 30.0 Å². The summed E-state index contributed by atoms with van der Waals surface area (Å²) in [5, 5.41) is 11.9. The monoisotopic (exact) mass is 252 g/mol. The summed E-state index contributed by atoms with van der Waals surface area (Å²) >= 11 is 7.59. The maximum absolute atomic E-state index is 5.88. The zero-order valence-corrected chi connectivity index (χ0v) is 10.4. The van der Waals surface area contributed by atoms with Gasteiger partial charge in [-0.05, 0) is 30.7 Å². The molecule has 2 heterocycles. The average Bonchev–Trinajstić information content (AvgIpc) is 2.84. The summed E-state index contributed by atoms with van der Waals surface area (Å²) in [5.41, 5.74) is 4.97. The van der Waals surface area contributed by atoms with E-state index in [2.05, 4.69) is 27.0 Å². The van der Waals surface area contributed by atoms with Crippen LogP contribution in [0.25, 0.3) is 11.3 Å². The molecule has 2 nitrogen and oxygen atoms in total. The Morgan fingerprint density at radius 3 is 3.00 bits per heavy atom. The first-order valence-electron chi connectivity index (χ1n) is 5.56. The average molecular weight is 253 g/mol. The zero-order chi connectivity index (χ0) is 11.0. The summed E-state index contributed by atoms with van der Waals surface area (Å²) in [6, 6.07) is 2.12. The number of hydrogen-bond acceptors (Lipinski definition) is 2. The molecule has 0 aliphatic heterocycles. The minimum absolute atomic E-state index is 0.663. The lowest BCUT2D eigenvalue weighted by Crippen LogP contribution is -1.92. The van der Waals surface area contributed by atoms with E-state index in [1.54, 1.807) is 11.3 Å². The van der Waals surface area contributed by atoms with Crippen LogP contribution in [0.4, 0.5) is 0 Å². The molecule has 1 aliphatic rings. The van der Waals surface area contributed by atoms with Crippen molar-refractivity contribution >= 4 is 22.9 Å². The van der Waals surface area contributed by atoms with Gasteiger partial charge in [-0.3, -0.25) is 5.10 Å². The van der Waals surface area contributed by atoms with Gasteiger partial charge in [0.25, 0.3) is 0 Å². The summed E-state index contributed by atoms with van der Waals surface area (Å²) in [7, 11) is 0. The molecule has 1 fully saturated rings. The number of thiophene rings is 1. The molecule has 4 heteroatoms. The fourth-order valence-electron chi connectivity index (χ4n) is 2.07. The largest absolute Gasteiger partial charge is 0.281 e. The normalized spacial score (nSPS) is 15.6. The predicted octanol–water partition coefficient (Wildman–Crippen LogP) is 3.80. The van der Waals surface area contributed by atoms with Crippen LogP contribution in [0, 0.1) is 0 Å². The third kappa shape index (κ3) is 1.78. The lowest BCUT2D eigenvalue weighted by molar-refractivity contribution is 0.947. The van der Waals surface area contributed by atoms with Crippen molar-refractivity contribution in [3.05, 3.63) is 28.1 Å². The molecule has 1 N–H and O–H groups in total. The first-order valence-corrected chi connectivity index (χ1v) is 7.03. The molecule has 1 aliphatic carbocycles. The molecule has 3 rings (SSSR count). The third-order valence-electron chi connectivity index (χ3n) is 3.02. The fourth-order valence-corrected chi connectivity index (χ4v) is 2.90. The Hall–Kier alpha value is -0.800. The molecule has 0 bridgehead atoms. The lowest BCUT2D eigenvalue weighted by Gasteiger charge is -2.01. The number of H-pyrrole nitrogens is 1. The van der Waals surface area contributed by atoms with E-state index in [0.29, 0.717) is 11.8 Å². The first kappa shape index (κ1) is 10.4. The van der Waals surface area contributed by atoms with Crippen LogP contribution >= 0.6 is 22.9 Å². The summed E-state index contributed by atoms with van der Waals surface area (Å²) in [4.78, 5) is 0. The maximum Gasteiger partial charge on any atom is 0.0964 e. The highest BCUT2D eigenvalue weighted by molar-refractivity contribution is 7.08. The Morgan fingerprint density at radius 1 is 1.50 bits per heavy atom. The molecule has 1 saturated carbocycles. The predicted molar refractivity (Wildman–Crippen MR) is 68.3 cm³/mol. The van der Waals surface area contributed by atoms with Gasteiger partial charge in [-0.25, -0.2) is 0 Å². The zero-order valence-electron chi connectivity index (χ0n) is 8.87. The molecule has 0 amide bonds. The summed E-state index contributed by atoms with van der Waals surface area (Å²) < 4.78 is 0. The van der Waals surface area contributed by atoms with Crippen LogP contribution in [-0.2, 0) is 6.42 Å². The van der Waals surface area contributed by atoms with Gasteiger partial charge in [-0.15, -0.1) is 11.6 Å². The van der Waals surface area contributed by atoms with Crippen molar-refractivity contribution in [2.45, 2.75) is 25.2 Å². The van der Waals surface area contributed by atoms with Crippen molar-refractivity contribution in [1.82, 2.24) is 10.2 Å². The highest BCUT2D eigenvalue weighted by atomic mass is 35.5. The molecule has 16 heavy (non-hydrogen) atoms. The number of halogens is 1. The van der Waals surface area contributed by atoms with Gasteiger partial charge in [0.2, 0.25) is 0 Å². The van der Waals surface area contributed by atoms with E-state index in [9.17, 15) is 0 Å². The lowest BCUT2D eigenvalue weighted by atomic mass is 10.0. The van der Waals surface area contributed by atoms with Crippen molar-refractivity contribution in [2.24, 2.45) is 0 Å². The third-order valence-corrected chi connectivity index (χ3v) is 3.90. The van der Waals surface area contributed by atoms with E-state index in [-0.39, 0.29) is 0 Å². The topological polar surface area (TPSA) is 28.7 Å². The van der Waals surface area contributed by atoms with E-state index in [1.165, 1.54) is 29.7 Å². The first-order chi connectivity index (χ1) is 7.90. The Morgan fingerprint density at radius 2 is 2.38 bits per heavy atom. The van der Waals surface area contributed by atoms with E-state index in [1.807, 2.05) is 0 Å². The minimum atomic E-state index is 0.663. The van der Waals surface area contributed by atoms with E-state index >= 15 is 0 Å². The van der Waals surface area contributed by atoms with Crippen molar-refractivity contribution in [1.29, 1.82) is 0 Å². The molecular weight excluding hydrogens is 240 g/mol. The van der Waals surface area contributed by atoms with Gasteiger partial charge in [0.05, 0.1) is 5.69 Å². The number of aromatic nitrogens is 2. The standard InChI is InChI=1S/C12H13ClN2S/c13-5-3-10-11(8-1-2-8)14-15-12(10)9-4-6-16-7-9/h4,6-8H,1-3,5H2,(H,14,15). The molecule has 2 aromatic rings. The second kappa shape index (κ2) is 4.22. The smallest absolute Gasteiger partial charge is 0.0964 e. The Balaban J connectivity index is 2.03. The number of nitrogens with zero attached hydrogens (tertiary/aromatic N) is 1. The number of aromatic amines is 1. The highest BCUT2D eigenvalue weighted by Crippen LogP contribution is 2.42. The van der Waals surface area contributed by atoms with Crippen molar-refractivity contribution in [3.8, 4) is 11.3 Å². The second-order valence-corrected chi connectivity index (χ2v) is 5.35. The number of alkyl halides is 1. The summed E-state index contributed by atoms with van der Waals surface area (Å²) in [6.07, 6.45) is 3.50. The van der Waals surface area contributed by atoms with Crippen LogP contribution in [0.15, 0.2) is 16.8 Å². The van der Waals surface area contributed by atoms with Crippen molar-refractivity contribution in [2.75, 3.05) is 5.88 Å². The molecule has 0 spiro atoms. The highest BCUT2D eigenvalue weighted by Gasteiger charge is 2.29. The number of hydrogen-bond donors (Lipinski definition) is 1. The van der Waals surface area contributed by atoms with Crippen LogP contribution in [0.3, 0.4) is 0 Å². The molecule has 2 aromatic heterocycles. The van der Waals surface area contributed by atoms with Gasteiger partial charge >= 0.3 is 0 Å². The fraction of sp³-hybridized carbons (Fsp3) is 0.417. The van der Waals surface area contributed by atoms with E-state index < -0.39 is 0 Å². The molecule has 84 valence electrons. The van der Waals surface area contributed by atoms with Gasteiger partial charge in [0.15, 0.2) is 0 Å². The van der Waals surface area contributed by atoms with Crippen LogP contribution in [0.2, 0.25) is 0 Å². The number of rotatable bonds is 4. The molecule has 0 atom stereocenters. The van der Waals surface area contributed by atoms with Crippen LogP contribution < -0.4 is 0 Å². The summed E-state index contributed by atoms with van der Waals surface area (Å²) in [6.45, 7) is 0. The van der Waals surface area contributed by atoms with E-state index in [0.717, 1.165) is 12.1 Å². The van der Waals surface area contributed by atoms with Crippen molar-refractivity contribution in [3.63, 3.8) is 0 Å². The molecule has 0 saturated heterocycles. The van der Waals surface area contributed by atoms with Gasteiger partial charge in [0, 0.05) is 34.0 Å². The molecular formula is C12H13ClN2S. The SMILES string of the molecule is ClCCc1c(-c2ccsc2)n[nH]c1C1CC1. The van der Waals surface area contributed by atoms with E-state index in [4.69, 9.17) is 11.6 Å². The van der Waals surface area contributed by atoms with Crippen molar-refractivity contribution < 1.29 is 0 Å². The molecule has 0 radical (unpaired) electrons. The van der Waals surface area contributed by atoms with Gasteiger partial charge in [0.1, 0.15) is 0 Å². The van der Waals surface area contributed by atoms with Gasteiger partial charge in [-0.2, -0.15) is 16.4 Å². The Kier molecular flexibility index (Phi) is 2.74. The van der Waals surface area contributed by atoms with Gasteiger partial charge < -0.3 is 0 Å². The minimum Gasteiger partial charge on any atom is -0.281 e. The molecule has 0 unspecified atom stereocenters.